The molecule has 1 aliphatic heterocycles. The topological polar surface area (TPSA) is 142 Å². The summed E-state index contributed by atoms with van der Waals surface area (Å²) in [5, 5.41) is 19.6. The summed E-state index contributed by atoms with van der Waals surface area (Å²) in [6.07, 6.45) is 1.53. The van der Waals surface area contributed by atoms with Crippen molar-refractivity contribution in [2.24, 2.45) is 0 Å². The van der Waals surface area contributed by atoms with E-state index < -0.39 is 25.1 Å². The van der Waals surface area contributed by atoms with E-state index in [1.807, 2.05) is 6.92 Å². The number of aromatic nitrogens is 4. The van der Waals surface area contributed by atoms with Crippen molar-refractivity contribution in [2.45, 2.75) is 43.5 Å². The highest BCUT2D eigenvalue weighted by atomic mass is 32.1. The molecule has 1 saturated heterocycles. The summed E-state index contributed by atoms with van der Waals surface area (Å²) in [5.74, 6) is -0.528. The normalized spacial score (nSPS) is 20.4. The molecule has 1 amide bonds. The van der Waals surface area contributed by atoms with E-state index in [2.05, 4.69) is 15.2 Å². The van der Waals surface area contributed by atoms with Crippen LogP contribution in [0.25, 0.3) is 5.69 Å². The smallest absolute Gasteiger partial charge is 0.380 e. The van der Waals surface area contributed by atoms with Crippen LogP contribution in [0.1, 0.15) is 52.8 Å². The number of carbonyl (C=O) groups excluding carboxylic acids is 1. The molecule has 3 atom stereocenters. The first kappa shape index (κ1) is 24.6. The van der Waals surface area contributed by atoms with Gasteiger partial charge in [-0.25, -0.2) is 4.98 Å². The third-order valence-electron chi connectivity index (χ3n) is 5.80. The Hall–Kier alpha value is -2.57. The van der Waals surface area contributed by atoms with Gasteiger partial charge in [0.25, 0.3) is 5.91 Å². The van der Waals surface area contributed by atoms with Crippen molar-refractivity contribution in [3.05, 3.63) is 58.3 Å². The monoisotopic (exact) mass is 513 g/mol. The number of aliphatic hydroxyl groups is 1. The second-order valence-electron chi connectivity index (χ2n) is 8.06. The Morgan fingerprint density at radius 3 is 2.59 bits per heavy atom. The van der Waals surface area contributed by atoms with Crippen molar-refractivity contribution >= 4 is 24.8 Å². The lowest BCUT2D eigenvalue weighted by Crippen LogP contribution is -2.45. The molecule has 1 fully saturated rings. The van der Waals surface area contributed by atoms with Gasteiger partial charge in [0.05, 0.1) is 34.3 Å². The third-order valence-corrected chi connectivity index (χ3v) is 7.84. The summed E-state index contributed by atoms with van der Waals surface area (Å²) in [6.45, 7) is 2.18. The van der Waals surface area contributed by atoms with E-state index in [0.717, 1.165) is 16.7 Å². The molecule has 0 radical (unpaired) electrons. The highest BCUT2D eigenvalue weighted by molar-refractivity contribution is 7.53. The number of rotatable bonds is 6. The van der Waals surface area contributed by atoms with Gasteiger partial charge < -0.3 is 19.8 Å². The lowest BCUT2D eigenvalue weighted by atomic mass is 9.93. The van der Waals surface area contributed by atoms with Crippen molar-refractivity contribution < 1.29 is 33.0 Å². The number of nitrogens with zero attached hydrogens (tertiary/aromatic N) is 5. The van der Waals surface area contributed by atoms with E-state index in [1.54, 1.807) is 29.2 Å². The molecule has 0 spiro atoms. The fraction of sp³-hybridized carbons (Fsp3) is 0.400. The van der Waals surface area contributed by atoms with Crippen LogP contribution in [-0.2, 0) is 4.57 Å². The number of carbonyl (C=O) groups is 1. The first-order chi connectivity index (χ1) is 16.0. The van der Waals surface area contributed by atoms with E-state index in [-0.39, 0.29) is 24.4 Å². The first-order valence-electron chi connectivity index (χ1n) is 10.3. The highest BCUT2D eigenvalue weighted by Crippen LogP contribution is 2.58. The molecule has 1 aromatic carbocycles. The first-order valence-corrected chi connectivity index (χ1v) is 12.8. The average Bonchev–Trinajstić information content (AvgIpc) is 3.50. The second kappa shape index (κ2) is 9.23. The van der Waals surface area contributed by atoms with Crippen LogP contribution in [0.2, 0.25) is 0 Å². The van der Waals surface area contributed by atoms with Crippen LogP contribution in [0.4, 0.5) is 8.78 Å². The molecule has 3 heterocycles. The maximum Gasteiger partial charge on any atom is 0.397 e. The van der Waals surface area contributed by atoms with Gasteiger partial charge in [0.15, 0.2) is 6.10 Å². The number of hydrogen-bond acceptors (Lipinski definition) is 7. The van der Waals surface area contributed by atoms with Crippen LogP contribution in [0.5, 0.6) is 0 Å². The molecule has 182 valence electrons. The van der Waals surface area contributed by atoms with Gasteiger partial charge in [0.1, 0.15) is 0 Å². The van der Waals surface area contributed by atoms with Gasteiger partial charge >= 0.3 is 13.3 Å². The lowest BCUT2D eigenvalue weighted by molar-refractivity contribution is -0.0624. The number of halogens is 2. The summed E-state index contributed by atoms with van der Waals surface area (Å²) >= 11 is 1.00. The minimum absolute atomic E-state index is 0.0913. The molecular formula is C20H22F2N5O5PS. The quantitative estimate of drug-likeness (QED) is 0.427. The van der Waals surface area contributed by atoms with E-state index in [1.165, 1.54) is 17.2 Å². The summed E-state index contributed by atoms with van der Waals surface area (Å²) in [4.78, 5) is 38.3. The van der Waals surface area contributed by atoms with Gasteiger partial charge in [-0.2, -0.15) is 23.8 Å². The number of likely N-dealkylation sites (tertiary alicyclic amines) is 1. The van der Waals surface area contributed by atoms with Crippen molar-refractivity contribution in [2.75, 3.05) is 6.54 Å². The predicted molar refractivity (Wildman–Crippen MR) is 118 cm³/mol. The standard InChI is InChI=1S/C20H22F2N5O5PS/c1-12-6-7-13(18-25-15(11-34-18)17(28)20(21,22)33(30,31)32)10-26(12)19(29)14-4-2-3-5-16(14)27-23-8-9-24-27/h2-5,8-9,11-13,17,28H,6-7,10H2,1H3,(H2,30,31,32)/t12-,13-,17?/m1/s1. The largest absolute Gasteiger partial charge is 0.397 e. The highest BCUT2D eigenvalue weighted by Gasteiger charge is 2.56. The van der Waals surface area contributed by atoms with E-state index >= 15 is 0 Å². The third kappa shape index (κ3) is 4.53. The molecule has 34 heavy (non-hydrogen) atoms. The van der Waals surface area contributed by atoms with E-state index in [4.69, 9.17) is 9.79 Å². The minimum Gasteiger partial charge on any atom is -0.380 e. The number of benzene rings is 1. The maximum atomic E-state index is 13.9. The van der Waals surface area contributed by atoms with E-state index in [9.17, 15) is 23.2 Å². The van der Waals surface area contributed by atoms with Crippen LogP contribution in [0.3, 0.4) is 0 Å². The fourth-order valence-corrected chi connectivity index (χ4v) is 5.28. The van der Waals surface area contributed by atoms with Gasteiger partial charge in [-0.15, -0.1) is 11.3 Å². The Kier molecular flexibility index (Phi) is 6.67. The number of aliphatic hydroxyl groups excluding tert-OH is 1. The van der Waals surface area contributed by atoms with Gasteiger partial charge in [-0.1, -0.05) is 12.1 Å². The van der Waals surface area contributed by atoms with Crippen LogP contribution in [0.15, 0.2) is 42.0 Å². The molecule has 1 unspecified atom stereocenters. The molecule has 10 nitrogen and oxygen atoms in total. The number of amides is 1. The SMILES string of the molecule is C[C@@H]1CC[C@@H](c2nc(C(O)C(F)(F)P(=O)(O)O)cs2)CN1C(=O)c1ccccc1-n1nccn1. The summed E-state index contributed by atoms with van der Waals surface area (Å²) in [5.41, 5.74) is -4.25. The van der Waals surface area contributed by atoms with Crippen LogP contribution < -0.4 is 0 Å². The number of piperidine rings is 1. The summed E-state index contributed by atoms with van der Waals surface area (Å²) < 4.78 is 38.9. The zero-order chi connectivity index (χ0) is 24.7. The molecule has 0 saturated carbocycles. The zero-order valence-corrected chi connectivity index (χ0v) is 19.6. The predicted octanol–water partition coefficient (Wildman–Crippen LogP) is 2.94. The van der Waals surface area contributed by atoms with Crippen molar-refractivity contribution in [1.82, 2.24) is 24.9 Å². The Labute approximate surface area is 197 Å². The lowest BCUT2D eigenvalue weighted by Gasteiger charge is -2.37. The molecule has 3 aromatic rings. The van der Waals surface area contributed by atoms with Crippen molar-refractivity contribution in [3.63, 3.8) is 0 Å². The van der Waals surface area contributed by atoms with Crippen LogP contribution in [-0.4, -0.2) is 63.9 Å². The summed E-state index contributed by atoms with van der Waals surface area (Å²) in [6, 6.07) is 6.83. The number of para-hydroxylation sites is 1. The Bertz CT molecular complexity index is 1220. The van der Waals surface area contributed by atoms with Gasteiger partial charge in [-0.3, -0.25) is 9.36 Å². The molecule has 3 N–H and O–H groups in total. The molecule has 2 aromatic heterocycles. The summed E-state index contributed by atoms with van der Waals surface area (Å²) in [7, 11) is -5.89. The molecule has 4 rings (SSSR count). The van der Waals surface area contributed by atoms with Gasteiger partial charge in [0.2, 0.25) is 0 Å². The van der Waals surface area contributed by atoms with Crippen LogP contribution in [0, 0.1) is 0 Å². The van der Waals surface area contributed by atoms with Crippen molar-refractivity contribution in [1.29, 1.82) is 0 Å². The van der Waals surface area contributed by atoms with Crippen LogP contribution >= 0.6 is 18.9 Å². The number of hydrogen-bond donors (Lipinski definition) is 3. The Morgan fingerprint density at radius 1 is 1.24 bits per heavy atom. The van der Waals surface area contributed by atoms with Crippen molar-refractivity contribution in [3.8, 4) is 5.69 Å². The molecule has 0 bridgehead atoms. The fourth-order valence-electron chi connectivity index (χ4n) is 3.87. The zero-order valence-electron chi connectivity index (χ0n) is 17.9. The Morgan fingerprint density at radius 2 is 1.91 bits per heavy atom. The average molecular weight is 513 g/mol. The van der Waals surface area contributed by atoms with Gasteiger partial charge in [0, 0.05) is 23.9 Å². The Balaban J connectivity index is 1.56. The maximum absolute atomic E-state index is 13.9. The minimum atomic E-state index is -5.89. The molecular weight excluding hydrogens is 491 g/mol. The van der Waals surface area contributed by atoms with E-state index in [0.29, 0.717) is 29.1 Å². The molecule has 14 heteroatoms. The number of alkyl halides is 2. The second-order valence-corrected chi connectivity index (χ2v) is 10.6. The molecule has 1 aliphatic rings. The van der Waals surface area contributed by atoms with Gasteiger partial charge in [-0.05, 0) is 31.9 Å². The molecule has 0 aliphatic carbocycles. The number of thiazole rings is 1.